The second-order valence-corrected chi connectivity index (χ2v) is 9.61. The van der Waals surface area contributed by atoms with Gasteiger partial charge in [0.25, 0.3) is 11.5 Å². The number of nitrogens with one attached hydrogen (secondary N) is 2. The molecule has 0 bridgehead atoms. The van der Waals surface area contributed by atoms with Gasteiger partial charge in [-0.3, -0.25) is 19.0 Å². The molecule has 0 aliphatic heterocycles. The summed E-state index contributed by atoms with van der Waals surface area (Å²) in [5.41, 5.74) is -0.220. The molecular weight excluding hydrogens is 436 g/mol. The van der Waals surface area contributed by atoms with Crippen molar-refractivity contribution in [3.63, 3.8) is 0 Å². The summed E-state index contributed by atoms with van der Waals surface area (Å²) in [6.45, 7) is 7.13. The average Bonchev–Trinajstić information content (AvgIpc) is 3.09. The van der Waals surface area contributed by atoms with E-state index in [1.54, 1.807) is 12.1 Å². The van der Waals surface area contributed by atoms with Crippen LogP contribution in [0.1, 0.15) is 76.2 Å². The molecule has 1 aliphatic carbocycles. The molecular formula is C24H32N6O4. The van der Waals surface area contributed by atoms with E-state index in [1.807, 2.05) is 27.7 Å². The minimum absolute atomic E-state index is 0.0645. The van der Waals surface area contributed by atoms with Gasteiger partial charge in [0.1, 0.15) is 6.54 Å². The Kier molecular flexibility index (Phi) is 6.58. The van der Waals surface area contributed by atoms with Crippen LogP contribution in [0.5, 0.6) is 0 Å². The van der Waals surface area contributed by atoms with Gasteiger partial charge in [-0.15, -0.1) is 5.10 Å². The van der Waals surface area contributed by atoms with Crippen molar-refractivity contribution in [2.45, 2.75) is 84.5 Å². The van der Waals surface area contributed by atoms with Crippen LogP contribution in [0.15, 0.2) is 27.8 Å². The van der Waals surface area contributed by atoms with Crippen molar-refractivity contribution < 1.29 is 9.59 Å². The van der Waals surface area contributed by atoms with Gasteiger partial charge in [0.05, 0.1) is 10.9 Å². The standard InChI is InChI=1S/C24H32N6O4/c1-14(2)25-21(32)16-10-11-18-19(12-16)30-23(29(15(3)4)22(18)33)27-28(24(30)34)13-20(31)26-17-8-6-5-7-9-17/h10-12,14-15,17H,5-9,13H2,1-4H3,(H,25,32)(H,26,31). The van der Waals surface area contributed by atoms with Gasteiger partial charge in [0.2, 0.25) is 11.7 Å². The highest BCUT2D eigenvalue weighted by atomic mass is 16.2. The Morgan fingerprint density at radius 2 is 1.79 bits per heavy atom. The SMILES string of the molecule is CC(C)NC(=O)c1ccc2c(=O)n(C(C)C)c3nn(CC(=O)NC4CCCCC4)c(=O)n3c2c1. The molecule has 0 spiro atoms. The van der Waals surface area contributed by atoms with Crippen molar-refractivity contribution in [2.24, 2.45) is 0 Å². The average molecular weight is 469 g/mol. The van der Waals surface area contributed by atoms with Crippen molar-refractivity contribution in [2.75, 3.05) is 0 Å². The Hall–Kier alpha value is -3.43. The molecule has 2 aromatic heterocycles. The second kappa shape index (κ2) is 9.44. The van der Waals surface area contributed by atoms with Gasteiger partial charge >= 0.3 is 5.69 Å². The highest BCUT2D eigenvalue weighted by molar-refractivity contribution is 5.98. The monoisotopic (exact) mass is 468 g/mol. The van der Waals surface area contributed by atoms with Crippen molar-refractivity contribution in [3.05, 3.63) is 44.6 Å². The number of amides is 2. The first-order valence-corrected chi connectivity index (χ1v) is 12.0. The number of fused-ring (bicyclic) bond motifs is 3. The summed E-state index contributed by atoms with van der Waals surface area (Å²) in [4.78, 5) is 51.9. The summed E-state index contributed by atoms with van der Waals surface area (Å²) < 4.78 is 3.84. The third kappa shape index (κ3) is 4.49. The molecule has 1 saturated carbocycles. The van der Waals surface area contributed by atoms with Crippen LogP contribution in [-0.2, 0) is 11.3 Å². The Bertz CT molecular complexity index is 1360. The molecule has 0 unspecified atom stereocenters. The Morgan fingerprint density at radius 3 is 2.44 bits per heavy atom. The number of benzene rings is 1. The molecule has 10 heteroatoms. The van der Waals surface area contributed by atoms with E-state index in [4.69, 9.17) is 0 Å². The molecule has 4 rings (SSSR count). The van der Waals surface area contributed by atoms with Crippen LogP contribution in [-0.4, -0.2) is 42.6 Å². The number of carbonyl (C=O) groups excluding carboxylic acids is 2. The fraction of sp³-hybridized carbons (Fsp3) is 0.542. The lowest BCUT2D eigenvalue weighted by atomic mass is 9.95. The number of hydrogen-bond donors (Lipinski definition) is 2. The number of nitrogens with zero attached hydrogens (tertiary/aromatic N) is 4. The van der Waals surface area contributed by atoms with Gasteiger partial charge in [-0.1, -0.05) is 19.3 Å². The third-order valence-corrected chi connectivity index (χ3v) is 6.19. The molecule has 182 valence electrons. The largest absolute Gasteiger partial charge is 0.352 e. The van der Waals surface area contributed by atoms with Crippen molar-refractivity contribution in [1.29, 1.82) is 0 Å². The second-order valence-electron chi connectivity index (χ2n) is 9.61. The zero-order chi connectivity index (χ0) is 24.6. The normalized spacial score (nSPS) is 14.9. The molecule has 0 atom stereocenters. The van der Waals surface area contributed by atoms with E-state index in [0.717, 1.165) is 30.4 Å². The van der Waals surface area contributed by atoms with E-state index >= 15 is 0 Å². The predicted molar refractivity (Wildman–Crippen MR) is 129 cm³/mol. The first kappa shape index (κ1) is 23.7. The van der Waals surface area contributed by atoms with Gasteiger partial charge < -0.3 is 10.6 Å². The van der Waals surface area contributed by atoms with Crippen molar-refractivity contribution >= 4 is 28.5 Å². The number of carbonyl (C=O) groups is 2. The van der Waals surface area contributed by atoms with E-state index in [1.165, 1.54) is 21.5 Å². The first-order valence-electron chi connectivity index (χ1n) is 12.0. The third-order valence-electron chi connectivity index (χ3n) is 6.19. The van der Waals surface area contributed by atoms with Crippen LogP contribution in [0.25, 0.3) is 16.7 Å². The number of hydrogen-bond acceptors (Lipinski definition) is 5. The Labute approximate surface area is 196 Å². The zero-order valence-electron chi connectivity index (χ0n) is 20.1. The molecule has 0 saturated heterocycles. The maximum absolute atomic E-state index is 13.4. The topological polar surface area (TPSA) is 120 Å². The molecule has 34 heavy (non-hydrogen) atoms. The maximum atomic E-state index is 13.4. The fourth-order valence-corrected chi connectivity index (χ4v) is 4.59. The molecule has 2 heterocycles. The van der Waals surface area contributed by atoms with Crippen LogP contribution in [0.4, 0.5) is 0 Å². The van der Waals surface area contributed by atoms with Gasteiger partial charge in [0, 0.05) is 23.7 Å². The van der Waals surface area contributed by atoms with Crippen LogP contribution in [0, 0.1) is 0 Å². The smallest absolute Gasteiger partial charge is 0.352 e. The molecule has 2 amide bonds. The summed E-state index contributed by atoms with van der Waals surface area (Å²) in [7, 11) is 0. The van der Waals surface area contributed by atoms with Crippen LogP contribution >= 0.6 is 0 Å². The summed E-state index contributed by atoms with van der Waals surface area (Å²) >= 11 is 0. The molecule has 1 aromatic carbocycles. The minimum atomic E-state index is -0.533. The molecule has 0 radical (unpaired) electrons. The lowest BCUT2D eigenvalue weighted by Gasteiger charge is -2.22. The lowest BCUT2D eigenvalue weighted by Crippen LogP contribution is -2.40. The van der Waals surface area contributed by atoms with Crippen LogP contribution in [0.2, 0.25) is 0 Å². The summed E-state index contributed by atoms with van der Waals surface area (Å²) in [6, 6.07) is 4.45. The van der Waals surface area contributed by atoms with Gasteiger partial charge in [-0.05, 0) is 58.7 Å². The fourth-order valence-electron chi connectivity index (χ4n) is 4.59. The van der Waals surface area contributed by atoms with Gasteiger partial charge in [-0.2, -0.15) is 0 Å². The molecule has 3 aromatic rings. The summed E-state index contributed by atoms with van der Waals surface area (Å²) in [5, 5.41) is 10.5. The van der Waals surface area contributed by atoms with Gasteiger partial charge in [0.15, 0.2) is 0 Å². The Morgan fingerprint density at radius 1 is 1.09 bits per heavy atom. The van der Waals surface area contributed by atoms with Crippen molar-refractivity contribution in [3.8, 4) is 0 Å². The van der Waals surface area contributed by atoms with E-state index in [0.29, 0.717) is 10.9 Å². The van der Waals surface area contributed by atoms with E-state index < -0.39 is 5.69 Å². The van der Waals surface area contributed by atoms with E-state index in [2.05, 4.69) is 15.7 Å². The van der Waals surface area contributed by atoms with E-state index in [-0.39, 0.29) is 53.3 Å². The van der Waals surface area contributed by atoms with E-state index in [9.17, 15) is 19.2 Å². The first-order chi connectivity index (χ1) is 16.2. The maximum Gasteiger partial charge on any atom is 0.352 e. The quantitative estimate of drug-likeness (QED) is 0.573. The number of aromatic nitrogens is 4. The van der Waals surface area contributed by atoms with Crippen molar-refractivity contribution in [1.82, 2.24) is 29.4 Å². The van der Waals surface area contributed by atoms with Crippen LogP contribution in [0.3, 0.4) is 0 Å². The predicted octanol–water partition coefficient (Wildman–Crippen LogP) is 1.98. The van der Waals surface area contributed by atoms with Gasteiger partial charge in [-0.25, -0.2) is 13.9 Å². The lowest BCUT2D eigenvalue weighted by molar-refractivity contribution is -0.122. The van der Waals surface area contributed by atoms with Crippen LogP contribution < -0.4 is 21.9 Å². The molecule has 10 nitrogen and oxygen atoms in total. The highest BCUT2D eigenvalue weighted by Crippen LogP contribution is 2.18. The Balaban J connectivity index is 1.82. The number of rotatable bonds is 6. The molecule has 1 fully saturated rings. The minimum Gasteiger partial charge on any atom is -0.352 e. The highest BCUT2D eigenvalue weighted by Gasteiger charge is 2.22. The molecule has 1 aliphatic rings. The summed E-state index contributed by atoms with van der Waals surface area (Å²) in [6.07, 6.45) is 5.21. The zero-order valence-corrected chi connectivity index (χ0v) is 20.1. The molecule has 2 N–H and O–H groups in total. The summed E-state index contributed by atoms with van der Waals surface area (Å²) in [5.74, 6) is -0.438.